The number of rotatable bonds is 7. The first-order valence-corrected chi connectivity index (χ1v) is 13.0. The molecule has 1 saturated heterocycles. The van der Waals surface area contributed by atoms with Crippen molar-refractivity contribution in [2.24, 2.45) is 0 Å². The van der Waals surface area contributed by atoms with Gasteiger partial charge < -0.3 is 9.80 Å². The van der Waals surface area contributed by atoms with Crippen molar-refractivity contribution in [3.63, 3.8) is 0 Å². The SMILES string of the molecule is O=C(CN(Cc1ccc(Br)cc1)S(=O)(=O)c1ccccc1)N1CCN(c2ccccc2)CC1. The van der Waals surface area contributed by atoms with Crippen molar-refractivity contribution < 1.29 is 13.2 Å². The van der Waals surface area contributed by atoms with Crippen LogP contribution in [-0.2, 0) is 21.4 Å². The second-order valence-electron chi connectivity index (χ2n) is 7.92. The lowest BCUT2D eigenvalue weighted by atomic mass is 10.2. The zero-order valence-electron chi connectivity index (χ0n) is 18.2. The second-order valence-corrected chi connectivity index (χ2v) is 10.8. The monoisotopic (exact) mass is 527 g/mol. The highest BCUT2D eigenvalue weighted by Gasteiger charge is 2.30. The third-order valence-corrected chi connectivity index (χ3v) is 8.05. The highest BCUT2D eigenvalue weighted by molar-refractivity contribution is 9.10. The number of carbonyl (C=O) groups excluding carboxylic acids is 1. The van der Waals surface area contributed by atoms with Crippen LogP contribution in [0.3, 0.4) is 0 Å². The Balaban J connectivity index is 1.49. The number of anilines is 1. The third-order valence-electron chi connectivity index (χ3n) is 5.72. The van der Waals surface area contributed by atoms with Crippen molar-refractivity contribution >= 4 is 37.5 Å². The molecule has 1 heterocycles. The molecule has 0 atom stereocenters. The highest BCUT2D eigenvalue weighted by atomic mass is 79.9. The molecule has 0 aliphatic carbocycles. The standard InChI is InChI=1S/C25H26BrN3O3S/c26-22-13-11-21(12-14-22)19-29(33(31,32)24-9-5-2-6-10-24)20-25(30)28-17-15-27(16-18-28)23-7-3-1-4-8-23/h1-14H,15-20H2. The van der Waals surface area contributed by atoms with E-state index in [1.807, 2.05) is 42.5 Å². The minimum absolute atomic E-state index is 0.125. The van der Waals surface area contributed by atoms with E-state index in [2.05, 4.69) is 33.0 Å². The lowest BCUT2D eigenvalue weighted by Crippen LogP contribution is -2.51. The molecular weight excluding hydrogens is 502 g/mol. The van der Waals surface area contributed by atoms with Gasteiger partial charge in [-0.05, 0) is 42.0 Å². The van der Waals surface area contributed by atoms with Gasteiger partial charge in [-0.25, -0.2) is 8.42 Å². The fraction of sp³-hybridized carbons (Fsp3) is 0.240. The van der Waals surface area contributed by atoms with E-state index in [-0.39, 0.29) is 23.9 Å². The van der Waals surface area contributed by atoms with Gasteiger partial charge in [0.25, 0.3) is 0 Å². The summed E-state index contributed by atoms with van der Waals surface area (Å²) in [5.74, 6) is -0.181. The third kappa shape index (κ3) is 5.82. The van der Waals surface area contributed by atoms with E-state index in [1.165, 1.54) is 4.31 Å². The average molecular weight is 528 g/mol. The molecule has 4 rings (SSSR count). The van der Waals surface area contributed by atoms with Gasteiger partial charge in [-0.2, -0.15) is 4.31 Å². The van der Waals surface area contributed by atoms with Crippen LogP contribution in [-0.4, -0.2) is 56.3 Å². The molecule has 0 N–H and O–H groups in total. The van der Waals surface area contributed by atoms with Gasteiger partial charge in [-0.1, -0.05) is 64.5 Å². The first-order chi connectivity index (χ1) is 15.9. The summed E-state index contributed by atoms with van der Waals surface area (Å²) in [5, 5.41) is 0. The van der Waals surface area contributed by atoms with E-state index < -0.39 is 10.0 Å². The zero-order chi connectivity index (χ0) is 23.3. The molecule has 1 aliphatic rings. The van der Waals surface area contributed by atoms with Gasteiger partial charge in [0.05, 0.1) is 11.4 Å². The number of hydrogen-bond donors (Lipinski definition) is 0. The number of halogens is 1. The number of para-hydroxylation sites is 1. The van der Waals surface area contributed by atoms with Gasteiger partial charge in [0.2, 0.25) is 15.9 Å². The summed E-state index contributed by atoms with van der Waals surface area (Å²) in [6.07, 6.45) is 0. The summed E-state index contributed by atoms with van der Waals surface area (Å²) in [4.78, 5) is 17.4. The molecule has 3 aromatic rings. The normalized spacial score (nSPS) is 14.5. The van der Waals surface area contributed by atoms with Crippen LogP contribution < -0.4 is 4.90 Å². The number of carbonyl (C=O) groups is 1. The first-order valence-electron chi connectivity index (χ1n) is 10.8. The molecule has 33 heavy (non-hydrogen) atoms. The maximum absolute atomic E-state index is 13.4. The molecular formula is C25H26BrN3O3S. The minimum Gasteiger partial charge on any atom is -0.368 e. The fourth-order valence-corrected chi connectivity index (χ4v) is 5.53. The summed E-state index contributed by atoms with van der Waals surface area (Å²) in [6, 6.07) is 25.8. The Labute approximate surface area is 203 Å². The minimum atomic E-state index is -3.83. The number of amides is 1. The topological polar surface area (TPSA) is 60.9 Å². The van der Waals surface area contributed by atoms with Gasteiger partial charge in [0.1, 0.15) is 0 Å². The fourth-order valence-electron chi connectivity index (χ4n) is 3.86. The Morgan fingerprint density at radius 3 is 2.00 bits per heavy atom. The Bertz CT molecular complexity index is 1160. The molecule has 0 aromatic heterocycles. The van der Waals surface area contributed by atoms with Crippen molar-refractivity contribution in [2.75, 3.05) is 37.6 Å². The van der Waals surface area contributed by atoms with E-state index in [4.69, 9.17) is 0 Å². The lowest BCUT2D eigenvalue weighted by molar-refractivity contribution is -0.131. The van der Waals surface area contributed by atoms with E-state index in [1.54, 1.807) is 35.2 Å². The molecule has 0 spiro atoms. The Morgan fingerprint density at radius 2 is 1.39 bits per heavy atom. The van der Waals surface area contributed by atoms with Crippen LogP contribution >= 0.6 is 15.9 Å². The van der Waals surface area contributed by atoms with Crippen molar-refractivity contribution in [3.8, 4) is 0 Å². The van der Waals surface area contributed by atoms with Gasteiger partial charge in [-0.15, -0.1) is 0 Å². The summed E-state index contributed by atoms with van der Waals surface area (Å²) in [7, 11) is -3.83. The number of sulfonamides is 1. The maximum Gasteiger partial charge on any atom is 0.243 e. The van der Waals surface area contributed by atoms with Gasteiger partial charge >= 0.3 is 0 Å². The van der Waals surface area contributed by atoms with Gasteiger partial charge in [-0.3, -0.25) is 4.79 Å². The highest BCUT2D eigenvalue weighted by Crippen LogP contribution is 2.21. The van der Waals surface area contributed by atoms with Crippen LogP contribution in [0, 0.1) is 0 Å². The molecule has 1 amide bonds. The van der Waals surface area contributed by atoms with E-state index in [9.17, 15) is 13.2 Å². The second kappa shape index (κ2) is 10.5. The zero-order valence-corrected chi connectivity index (χ0v) is 20.6. The Kier molecular flexibility index (Phi) is 7.47. The maximum atomic E-state index is 13.4. The largest absolute Gasteiger partial charge is 0.368 e. The lowest BCUT2D eigenvalue weighted by Gasteiger charge is -2.37. The molecule has 0 unspecified atom stereocenters. The van der Waals surface area contributed by atoms with Gasteiger partial charge in [0, 0.05) is 42.9 Å². The molecule has 8 heteroatoms. The molecule has 0 saturated carbocycles. The van der Waals surface area contributed by atoms with Crippen LogP contribution in [0.2, 0.25) is 0 Å². The van der Waals surface area contributed by atoms with Crippen LogP contribution in [0.5, 0.6) is 0 Å². The van der Waals surface area contributed by atoms with Gasteiger partial charge in [0.15, 0.2) is 0 Å². The van der Waals surface area contributed by atoms with E-state index in [0.29, 0.717) is 26.2 Å². The predicted octanol–water partition coefficient (Wildman–Crippen LogP) is 3.99. The van der Waals surface area contributed by atoms with Crippen LogP contribution in [0.1, 0.15) is 5.56 Å². The summed E-state index contributed by atoms with van der Waals surface area (Å²) in [6.45, 7) is 2.48. The quantitative estimate of drug-likeness (QED) is 0.466. The van der Waals surface area contributed by atoms with E-state index >= 15 is 0 Å². The summed E-state index contributed by atoms with van der Waals surface area (Å²) >= 11 is 3.41. The molecule has 3 aromatic carbocycles. The van der Waals surface area contributed by atoms with Crippen LogP contribution in [0.25, 0.3) is 0 Å². The molecule has 1 fully saturated rings. The van der Waals surface area contributed by atoms with Crippen LogP contribution in [0.4, 0.5) is 5.69 Å². The molecule has 172 valence electrons. The first kappa shape index (κ1) is 23.5. The molecule has 0 bridgehead atoms. The summed E-state index contributed by atoms with van der Waals surface area (Å²) < 4.78 is 29.0. The van der Waals surface area contributed by atoms with Crippen molar-refractivity contribution in [3.05, 3.63) is 95.0 Å². The molecule has 0 radical (unpaired) electrons. The molecule has 6 nitrogen and oxygen atoms in total. The predicted molar refractivity (Wildman–Crippen MR) is 133 cm³/mol. The number of nitrogens with zero attached hydrogens (tertiary/aromatic N) is 3. The number of benzene rings is 3. The van der Waals surface area contributed by atoms with E-state index in [0.717, 1.165) is 15.7 Å². The van der Waals surface area contributed by atoms with Crippen molar-refractivity contribution in [1.29, 1.82) is 0 Å². The average Bonchev–Trinajstić information content (AvgIpc) is 2.86. The van der Waals surface area contributed by atoms with Crippen molar-refractivity contribution in [1.82, 2.24) is 9.21 Å². The number of piperazine rings is 1. The Hall–Kier alpha value is -2.68. The molecule has 1 aliphatic heterocycles. The summed E-state index contributed by atoms with van der Waals surface area (Å²) in [5.41, 5.74) is 1.95. The van der Waals surface area contributed by atoms with Crippen molar-refractivity contribution in [2.45, 2.75) is 11.4 Å². The van der Waals surface area contributed by atoms with Crippen LogP contribution in [0.15, 0.2) is 94.3 Å². The Morgan fingerprint density at radius 1 is 0.818 bits per heavy atom. The smallest absolute Gasteiger partial charge is 0.243 e. The number of hydrogen-bond acceptors (Lipinski definition) is 4.